The van der Waals surface area contributed by atoms with Crippen LogP contribution in [-0.4, -0.2) is 34.2 Å². The smallest absolute Gasteiger partial charge is 0.342 e. The van der Waals surface area contributed by atoms with Gasteiger partial charge in [-0.3, -0.25) is 14.8 Å². The first-order valence-corrected chi connectivity index (χ1v) is 8.62. The van der Waals surface area contributed by atoms with Crippen molar-refractivity contribution >= 4 is 17.9 Å². The summed E-state index contributed by atoms with van der Waals surface area (Å²) in [5, 5.41) is 8.80. The average Bonchev–Trinajstić information content (AvgIpc) is 3.11. The Morgan fingerprint density at radius 3 is 2.41 bits per heavy atom. The predicted octanol–water partition coefficient (Wildman–Crippen LogP) is 2.38. The van der Waals surface area contributed by atoms with Crippen molar-refractivity contribution in [3.8, 4) is 0 Å². The average molecular weight is 372 g/mol. The summed E-state index contributed by atoms with van der Waals surface area (Å²) in [6.45, 7) is 7.93. The van der Waals surface area contributed by atoms with Crippen LogP contribution in [0, 0.1) is 0 Å². The minimum atomic E-state index is -1.26. The number of hydrogen-bond donors (Lipinski definition) is 2. The number of hydrogen-bond acceptors (Lipinski definition) is 5. The number of carbonyl (C=O) groups is 3. The summed E-state index contributed by atoms with van der Waals surface area (Å²) in [6, 6.07) is 7.85. The molecule has 0 saturated carbocycles. The van der Waals surface area contributed by atoms with Crippen LogP contribution in [0.2, 0.25) is 0 Å². The number of aromatic nitrogens is 2. The molecule has 0 bridgehead atoms. The molecule has 0 fully saturated rings. The zero-order valence-corrected chi connectivity index (χ0v) is 15.9. The Kier molecular flexibility index (Phi) is 6.33. The Hall–Kier alpha value is -3.16. The zero-order valence-electron chi connectivity index (χ0n) is 15.9. The Morgan fingerprint density at radius 2 is 1.85 bits per heavy atom. The quantitative estimate of drug-likeness (QED) is 0.785. The van der Waals surface area contributed by atoms with Crippen LogP contribution in [0.3, 0.4) is 0 Å². The number of nitrogens with zero attached hydrogens (tertiary/aromatic N) is 2. The molecule has 2 aromatic rings. The van der Waals surface area contributed by atoms with Gasteiger partial charge in [-0.05, 0) is 27.7 Å². The van der Waals surface area contributed by atoms with Gasteiger partial charge in [-0.2, -0.15) is 5.10 Å². The number of urea groups is 1. The molecule has 0 aliphatic rings. The number of rotatable bonds is 5. The molecule has 1 aromatic heterocycles. The van der Waals surface area contributed by atoms with Crippen molar-refractivity contribution < 1.29 is 19.1 Å². The predicted molar refractivity (Wildman–Crippen MR) is 99.0 cm³/mol. The summed E-state index contributed by atoms with van der Waals surface area (Å²) in [6.07, 6.45) is 1.68. The van der Waals surface area contributed by atoms with Gasteiger partial charge in [0.25, 0.3) is 5.91 Å². The summed E-state index contributed by atoms with van der Waals surface area (Å²) < 4.78 is 7.04. The lowest BCUT2D eigenvalue weighted by Crippen LogP contribution is -2.42. The van der Waals surface area contributed by atoms with Crippen LogP contribution in [0.15, 0.2) is 42.7 Å². The fourth-order valence-corrected chi connectivity index (χ4v) is 2.25. The Bertz CT molecular complexity index is 809. The van der Waals surface area contributed by atoms with Crippen molar-refractivity contribution in [3.05, 3.63) is 53.9 Å². The number of nitrogens with one attached hydrogen (secondary N) is 2. The van der Waals surface area contributed by atoms with E-state index in [0.717, 1.165) is 0 Å². The molecule has 3 amide bonds. The van der Waals surface area contributed by atoms with Crippen LogP contribution in [0.25, 0.3) is 0 Å². The fourth-order valence-electron chi connectivity index (χ4n) is 2.25. The van der Waals surface area contributed by atoms with Gasteiger partial charge in [0.2, 0.25) is 6.10 Å². The lowest BCUT2D eigenvalue weighted by Gasteiger charge is -2.19. The highest BCUT2D eigenvalue weighted by Gasteiger charge is 2.28. The molecule has 8 heteroatoms. The maximum atomic E-state index is 12.5. The van der Waals surface area contributed by atoms with Crippen LogP contribution in [0.1, 0.15) is 49.7 Å². The topological polar surface area (TPSA) is 102 Å². The molecule has 0 radical (unpaired) electrons. The number of benzene rings is 1. The maximum Gasteiger partial charge on any atom is 0.342 e. The molecule has 1 aromatic carbocycles. The van der Waals surface area contributed by atoms with Gasteiger partial charge in [0.05, 0.1) is 17.3 Å². The molecule has 1 unspecified atom stereocenters. The van der Waals surface area contributed by atoms with E-state index in [4.69, 9.17) is 4.74 Å². The standard InChI is InChI=1S/C19H24N4O4/c1-5-20-18(26)22-16(24)15(13-9-7-6-8-10-13)27-17(25)14-11-21-23(12-14)19(2,3)4/h6-12,15H,5H2,1-4H3,(H2,20,22,24,26). The van der Waals surface area contributed by atoms with Gasteiger partial charge < -0.3 is 10.1 Å². The van der Waals surface area contributed by atoms with Gasteiger partial charge >= 0.3 is 12.0 Å². The molecular formula is C19H24N4O4. The third kappa shape index (κ3) is 5.40. The SMILES string of the molecule is CCNC(=O)NC(=O)C(OC(=O)c1cnn(C(C)(C)C)c1)c1ccccc1. The van der Waals surface area contributed by atoms with Gasteiger partial charge in [-0.15, -0.1) is 0 Å². The zero-order chi connectivity index (χ0) is 20.0. The van der Waals surface area contributed by atoms with E-state index < -0.39 is 24.0 Å². The van der Waals surface area contributed by atoms with E-state index in [2.05, 4.69) is 15.7 Å². The van der Waals surface area contributed by atoms with Crippen LogP contribution < -0.4 is 10.6 Å². The van der Waals surface area contributed by atoms with Gasteiger partial charge in [-0.1, -0.05) is 30.3 Å². The van der Waals surface area contributed by atoms with E-state index in [1.54, 1.807) is 48.1 Å². The molecule has 0 aliphatic carbocycles. The number of amides is 3. The van der Waals surface area contributed by atoms with Crippen LogP contribution in [0.5, 0.6) is 0 Å². The molecule has 2 N–H and O–H groups in total. The molecule has 2 rings (SSSR count). The Labute approximate surface area is 157 Å². The highest BCUT2D eigenvalue weighted by atomic mass is 16.5. The lowest BCUT2D eigenvalue weighted by atomic mass is 10.1. The van der Waals surface area contributed by atoms with E-state index in [0.29, 0.717) is 12.1 Å². The highest BCUT2D eigenvalue weighted by molar-refractivity contribution is 5.99. The first-order chi connectivity index (χ1) is 12.7. The van der Waals surface area contributed by atoms with Crippen molar-refractivity contribution in [2.75, 3.05) is 6.54 Å². The third-order valence-corrected chi connectivity index (χ3v) is 3.65. The molecular weight excluding hydrogens is 348 g/mol. The van der Waals surface area contributed by atoms with Crippen molar-refractivity contribution in [2.45, 2.75) is 39.3 Å². The molecule has 1 atom stereocenters. The summed E-state index contributed by atoms with van der Waals surface area (Å²) in [4.78, 5) is 36.7. The van der Waals surface area contributed by atoms with Crippen molar-refractivity contribution in [1.82, 2.24) is 20.4 Å². The molecule has 8 nitrogen and oxygen atoms in total. The highest BCUT2D eigenvalue weighted by Crippen LogP contribution is 2.20. The molecule has 0 saturated heterocycles. The van der Waals surface area contributed by atoms with E-state index in [9.17, 15) is 14.4 Å². The summed E-state index contributed by atoms with van der Waals surface area (Å²) in [5.41, 5.74) is 0.375. The number of carbonyl (C=O) groups excluding carboxylic acids is 3. The van der Waals surface area contributed by atoms with Crippen molar-refractivity contribution in [2.24, 2.45) is 0 Å². The Balaban J connectivity index is 2.21. The van der Waals surface area contributed by atoms with E-state index in [1.165, 1.54) is 6.20 Å². The molecule has 1 heterocycles. The fraction of sp³-hybridized carbons (Fsp3) is 0.368. The van der Waals surface area contributed by atoms with Crippen molar-refractivity contribution in [1.29, 1.82) is 0 Å². The normalized spacial score (nSPS) is 12.1. The largest absolute Gasteiger partial charge is 0.444 e. The Morgan fingerprint density at radius 1 is 1.19 bits per heavy atom. The maximum absolute atomic E-state index is 12.5. The van der Waals surface area contributed by atoms with Gasteiger partial charge in [-0.25, -0.2) is 9.59 Å². The monoisotopic (exact) mass is 372 g/mol. The first kappa shape index (κ1) is 20.2. The van der Waals surface area contributed by atoms with Gasteiger partial charge in [0.15, 0.2) is 0 Å². The second-order valence-corrected chi connectivity index (χ2v) is 6.89. The number of esters is 1. The summed E-state index contributed by atoms with van der Waals surface area (Å²) in [7, 11) is 0. The first-order valence-electron chi connectivity index (χ1n) is 8.62. The van der Waals surface area contributed by atoms with Crippen LogP contribution >= 0.6 is 0 Å². The third-order valence-electron chi connectivity index (χ3n) is 3.65. The minimum absolute atomic E-state index is 0.219. The second kappa shape index (κ2) is 8.48. The molecule has 27 heavy (non-hydrogen) atoms. The number of ether oxygens (including phenoxy) is 1. The second-order valence-electron chi connectivity index (χ2n) is 6.89. The minimum Gasteiger partial charge on any atom is -0.444 e. The lowest BCUT2D eigenvalue weighted by molar-refractivity contribution is -0.129. The van der Waals surface area contributed by atoms with Crippen LogP contribution in [-0.2, 0) is 15.1 Å². The van der Waals surface area contributed by atoms with E-state index in [-0.39, 0.29) is 11.1 Å². The van der Waals surface area contributed by atoms with Crippen molar-refractivity contribution in [3.63, 3.8) is 0 Å². The number of imide groups is 1. The van der Waals surface area contributed by atoms with Crippen LogP contribution in [0.4, 0.5) is 4.79 Å². The van der Waals surface area contributed by atoms with Gasteiger partial charge in [0.1, 0.15) is 0 Å². The van der Waals surface area contributed by atoms with E-state index >= 15 is 0 Å². The molecule has 0 spiro atoms. The summed E-state index contributed by atoms with van der Waals surface area (Å²) in [5.74, 6) is -1.44. The van der Waals surface area contributed by atoms with E-state index in [1.807, 2.05) is 20.8 Å². The molecule has 0 aliphatic heterocycles. The molecule has 144 valence electrons. The summed E-state index contributed by atoms with van der Waals surface area (Å²) >= 11 is 0. The van der Waals surface area contributed by atoms with Gasteiger partial charge in [0, 0.05) is 18.3 Å².